The van der Waals surface area contributed by atoms with Crippen molar-refractivity contribution in [1.29, 1.82) is 0 Å². The van der Waals surface area contributed by atoms with Gasteiger partial charge in [0.15, 0.2) is 11.5 Å². The SMILES string of the molecule is CCOc1cc(-c2nc(CCCN)cc(=O)[nH]2)ccc1OC. The minimum absolute atomic E-state index is 0.175. The number of rotatable bonds is 7. The van der Waals surface area contributed by atoms with Crippen molar-refractivity contribution in [3.05, 3.63) is 40.3 Å². The highest BCUT2D eigenvalue weighted by atomic mass is 16.5. The van der Waals surface area contributed by atoms with Crippen molar-refractivity contribution in [2.24, 2.45) is 5.73 Å². The van der Waals surface area contributed by atoms with Gasteiger partial charge in [-0.3, -0.25) is 4.79 Å². The zero-order chi connectivity index (χ0) is 15.9. The number of aryl methyl sites for hydroxylation is 1. The Hall–Kier alpha value is -2.34. The third-order valence-electron chi connectivity index (χ3n) is 3.17. The molecular weight excluding hydrogens is 282 g/mol. The van der Waals surface area contributed by atoms with Gasteiger partial charge in [-0.05, 0) is 44.5 Å². The van der Waals surface area contributed by atoms with E-state index in [0.717, 1.165) is 17.7 Å². The number of aromatic amines is 1. The van der Waals surface area contributed by atoms with Crippen LogP contribution in [0.2, 0.25) is 0 Å². The summed E-state index contributed by atoms with van der Waals surface area (Å²) in [5, 5.41) is 0. The number of nitrogens with zero attached hydrogens (tertiary/aromatic N) is 1. The Morgan fingerprint density at radius 2 is 2.09 bits per heavy atom. The van der Waals surface area contributed by atoms with Gasteiger partial charge in [0.25, 0.3) is 5.56 Å². The lowest BCUT2D eigenvalue weighted by Crippen LogP contribution is -2.11. The van der Waals surface area contributed by atoms with Crippen molar-refractivity contribution in [2.45, 2.75) is 19.8 Å². The lowest BCUT2D eigenvalue weighted by atomic mass is 10.1. The number of ether oxygens (including phenoxy) is 2. The second-order valence-corrected chi connectivity index (χ2v) is 4.78. The standard InChI is InChI=1S/C16H21N3O3/c1-3-22-14-9-11(6-7-13(14)21-2)16-18-12(5-4-8-17)10-15(20)19-16/h6-7,9-10H,3-5,8,17H2,1-2H3,(H,18,19,20). The molecule has 118 valence electrons. The number of nitrogens with one attached hydrogen (secondary N) is 1. The molecule has 3 N–H and O–H groups in total. The minimum Gasteiger partial charge on any atom is -0.493 e. The molecule has 22 heavy (non-hydrogen) atoms. The summed E-state index contributed by atoms with van der Waals surface area (Å²) in [4.78, 5) is 19.0. The van der Waals surface area contributed by atoms with E-state index in [1.807, 2.05) is 19.1 Å². The molecule has 0 fully saturated rings. The van der Waals surface area contributed by atoms with Crippen LogP contribution >= 0.6 is 0 Å². The molecule has 0 unspecified atom stereocenters. The predicted octanol–water partition coefficient (Wildman–Crippen LogP) is 1.74. The molecule has 0 saturated heterocycles. The molecular formula is C16H21N3O3. The fourth-order valence-electron chi connectivity index (χ4n) is 2.15. The van der Waals surface area contributed by atoms with E-state index in [1.54, 1.807) is 13.2 Å². The van der Waals surface area contributed by atoms with Gasteiger partial charge in [0, 0.05) is 17.3 Å². The van der Waals surface area contributed by atoms with E-state index in [1.165, 1.54) is 6.07 Å². The molecule has 0 aliphatic carbocycles. The smallest absolute Gasteiger partial charge is 0.251 e. The zero-order valence-corrected chi connectivity index (χ0v) is 12.9. The maximum atomic E-state index is 11.8. The topological polar surface area (TPSA) is 90.2 Å². The van der Waals surface area contributed by atoms with Crippen LogP contribution in [-0.2, 0) is 6.42 Å². The van der Waals surface area contributed by atoms with Crippen molar-refractivity contribution in [2.75, 3.05) is 20.3 Å². The van der Waals surface area contributed by atoms with E-state index in [0.29, 0.717) is 36.9 Å². The molecule has 1 heterocycles. The van der Waals surface area contributed by atoms with Gasteiger partial charge in [-0.1, -0.05) is 0 Å². The molecule has 0 atom stereocenters. The van der Waals surface area contributed by atoms with Gasteiger partial charge >= 0.3 is 0 Å². The van der Waals surface area contributed by atoms with Crippen LogP contribution in [0.25, 0.3) is 11.4 Å². The maximum absolute atomic E-state index is 11.8. The van der Waals surface area contributed by atoms with E-state index in [2.05, 4.69) is 9.97 Å². The number of aromatic nitrogens is 2. The van der Waals surface area contributed by atoms with Crippen molar-refractivity contribution in [3.63, 3.8) is 0 Å². The largest absolute Gasteiger partial charge is 0.493 e. The molecule has 1 aromatic heterocycles. The Balaban J connectivity index is 2.40. The van der Waals surface area contributed by atoms with Crippen LogP contribution in [-0.4, -0.2) is 30.2 Å². The Labute approximate surface area is 129 Å². The average Bonchev–Trinajstić information content (AvgIpc) is 2.52. The molecule has 0 aliphatic heterocycles. The van der Waals surface area contributed by atoms with Crippen molar-refractivity contribution in [1.82, 2.24) is 9.97 Å². The first kappa shape index (κ1) is 16.0. The third-order valence-corrected chi connectivity index (χ3v) is 3.17. The summed E-state index contributed by atoms with van der Waals surface area (Å²) in [6, 6.07) is 6.96. The van der Waals surface area contributed by atoms with Crippen LogP contribution in [0.5, 0.6) is 11.5 Å². The fraction of sp³-hybridized carbons (Fsp3) is 0.375. The Morgan fingerprint density at radius 1 is 1.27 bits per heavy atom. The van der Waals surface area contributed by atoms with Crippen LogP contribution in [0, 0.1) is 0 Å². The van der Waals surface area contributed by atoms with Gasteiger partial charge in [0.05, 0.1) is 13.7 Å². The van der Waals surface area contributed by atoms with E-state index >= 15 is 0 Å². The highest BCUT2D eigenvalue weighted by molar-refractivity contribution is 5.61. The Bertz CT molecular complexity index is 683. The number of H-pyrrole nitrogens is 1. The first-order valence-corrected chi connectivity index (χ1v) is 7.29. The molecule has 0 radical (unpaired) electrons. The second kappa shape index (κ2) is 7.61. The Kier molecular flexibility index (Phi) is 5.55. The van der Waals surface area contributed by atoms with Crippen molar-refractivity contribution >= 4 is 0 Å². The summed E-state index contributed by atoms with van der Waals surface area (Å²) in [5.74, 6) is 1.79. The molecule has 0 aliphatic rings. The van der Waals surface area contributed by atoms with Crippen molar-refractivity contribution in [3.8, 4) is 22.9 Å². The highest BCUT2D eigenvalue weighted by Gasteiger charge is 2.09. The highest BCUT2D eigenvalue weighted by Crippen LogP contribution is 2.31. The predicted molar refractivity (Wildman–Crippen MR) is 85.4 cm³/mol. The molecule has 6 nitrogen and oxygen atoms in total. The van der Waals surface area contributed by atoms with E-state index in [4.69, 9.17) is 15.2 Å². The van der Waals surface area contributed by atoms with Crippen LogP contribution in [0.4, 0.5) is 0 Å². The number of methoxy groups -OCH3 is 1. The number of hydrogen-bond donors (Lipinski definition) is 2. The normalized spacial score (nSPS) is 10.5. The monoisotopic (exact) mass is 303 g/mol. The fourth-order valence-corrected chi connectivity index (χ4v) is 2.15. The Morgan fingerprint density at radius 3 is 2.77 bits per heavy atom. The average molecular weight is 303 g/mol. The lowest BCUT2D eigenvalue weighted by molar-refractivity contribution is 0.311. The first-order chi connectivity index (χ1) is 10.7. The molecule has 2 aromatic rings. The van der Waals surface area contributed by atoms with Gasteiger partial charge in [0.1, 0.15) is 5.82 Å². The quantitative estimate of drug-likeness (QED) is 0.813. The summed E-state index contributed by atoms with van der Waals surface area (Å²) in [6.07, 6.45) is 1.48. The van der Waals surface area contributed by atoms with Crippen molar-refractivity contribution < 1.29 is 9.47 Å². The minimum atomic E-state index is -0.175. The number of benzene rings is 1. The molecule has 6 heteroatoms. The van der Waals surface area contributed by atoms with E-state index < -0.39 is 0 Å². The summed E-state index contributed by atoms with van der Waals surface area (Å²) in [6.45, 7) is 3.00. The van der Waals surface area contributed by atoms with E-state index in [-0.39, 0.29) is 5.56 Å². The summed E-state index contributed by atoms with van der Waals surface area (Å²) in [5.41, 5.74) is 6.84. The van der Waals surface area contributed by atoms with Gasteiger partial charge in [-0.15, -0.1) is 0 Å². The van der Waals surface area contributed by atoms with Crippen LogP contribution < -0.4 is 20.8 Å². The zero-order valence-electron chi connectivity index (χ0n) is 12.9. The van der Waals surface area contributed by atoms with Crippen LogP contribution in [0.1, 0.15) is 19.0 Å². The molecule has 0 amide bonds. The van der Waals surface area contributed by atoms with Crippen LogP contribution in [0.15, 0.2) is 29.1 Å². The van der Waals surface area contributed by atoms with Gasteiger partial charge in [-0.25, -0.2) is 4.98 Å². The molecule has 0 saturated carbocycles. The summed E-state index contributed by atoms with van der Waals surface area (Å²) < 4.78 is 10.8. The van der Waals surface area contributed by atoms with Gasteiger partial charge in [-0.2, -0.15) is 0 Å². The number of hydrogen-bond acceptors (Lipinski definition) is 5. The molecule has 0 bridgehead atoms. The number of nitrogens with two attached hydrogens (primary N) is 1. The van der Waals surface area contributed by atoms with Gasteiger partial charge < -0.3 is 20.2 Å². The summed E-state index contributed by atoms with van der Waals surface area (Å²) >= 11 is 0. The molecule has 2 rings (SSSR count). The molecule has 0 spiro atoms. The third kappa shape index (κ3) is 3.85. The lowest BCUT2D eigenvalue weighted by Gasteiger charge is -2.11. The maximum Gasteiger partial charge on any atom is 0.251 e. The van der Waals surface area contributed by atoms with Crippen LogP contribution in [0.3, 0.4) is 0 Å². The second-order valence-electron chi connectivity index (χ2n) is 4.78. The van der Waals surface area contributed by atoms with Gasteiger partial charge in [0.2, 0.25) is 0 Å². The van der Waals surface area contributed by atoms with E-state index in [9.17, 15) is 4.79 Å². The first-order valence-electron chi connectivity index (χ1n) is 7.29. The molecule has 1 aromatic carbocycles. The summed E-state index contributed by atoms with van der Waals surface area (Å²) in [7, 11) is 1.59.